The number of carbonyl (C=O) groups excluding carboxylic acids is 1. The maximum absolute atomic E-state index is 12.2. The summed E-state index contributed by atoms with van der Waals surface area (Å²) in [5.74, 6) is -2.86. The van der Waals surface area contributed by atoms with E-state index in [4.69, 9.17) is 28.9 Å². The van der Waals surface area contributed by atoms with Crippen LogP contribution in [0.4, 0.5) is 0 Å². The Kier molecular flexibility index (Phi) is 4.07. The monoisotopic (exact) mass is 392 g/mol. The largest absolute Gasteiger partial charge is 0.503 e. The van der Waals surface area contributed by atoms with Crippen molar-refractivity contribution in [3.8, 4) is 11.5 Å². The predicted molar refractivity (Wildman–Crippen MR) is 89.6 cm³/mol. The molecule has 3 unspecified atom stereocenters. The minimum atomic E-state index is -1.59. The van der Waals surface area contributed by atoms with E-state index in [9.17, 15) is 24.9 Å². The van der Waals surface area contributed by atoms with Crippen LogP contribution in [-0.4, -0.2) is 55.3 Å². The second kappa shape index (κ2) is 5.59. The summed E-state index contributed by atoms with van der Waals surface area (Å²) >= 11 is 13.2. The van der Waals surface area contributed by atoms with Gasteiger partial charge in [0.25, 0.3) is 0 Å². The molecule has 2 aliphatic heterocycles. The van der Waals surface area contributed by atoms with E-state index in [0.29, 0.717) is 0 Å². The maximum Gasteiger partial charge on any atom is 0.317 e. The Hall–Kier alpha value is -1.35. The summed E-state index contributed by atoms with van der Waals surface area (Å²) in [6, 6.07) is 0.561. The SMILES string of the molecule is CC1S[C@@H]2C(N)C(=O)N2CC1(C(=O)O)c1cc(Cl)c(O)c(O)c1Cl. The molecule has 0 bridgehead atoms. The maximum atomic E-state index is 12.2. The van der Waals surface area contributed by atoms with Gasteiger partial charge in [0.2, 0.25) is 5.91 Å². The van der Waals surface area contributed by atoms with E-state index in [2.05, 4.69) is 0 Å². The first-order chi connectivity index (χ1) is 11.1. The molecule has 5 N–H and O–H groups in total. The fourth-order valence-corrected chi connectivity index (χ4v) is 5.26. The van der Waals surface area contributed by atoms with Crippen molar-refractivity contribution >= 4 is 46.8 Å². The Labute approximate surface area is 151 Å². The number of aliphatic carboxylic acids is 1. The molecule has 3 rings (SSSR count). The summed E-state index contributed by atoms with van der Waals surface area (Å²) in [6.07, 6.45) is 0. The molecule has 2 saturated heterocycles. The minimum absolute atomic E-state index is 0.0451. The van der Waals surface area contributed by atoms with E-state index in [-0.39, 0.29) is 33.4 Å². The number of carboxylic acids is 1. The molecule has 0 aromatic heterocycles. The Morgan fingerprint density at radius 2 is 2.04 bits per heavy atom. The molecule has 0 aliphatic carbocycles. The van der Waals surface area contributed by atoms with Crippen LogP contribution in [0.2, 0.25) is 10.0 Å². The van der Waals surface area contributed by atoms with Crippen molar-refractivity contribution in [3.05, 3.63) is 21.7 Å². The van der Waals surface area contributed by atoms with Gasteiger partial charge in [0.1, 0.15) is 16.8 Å². The number of hydrogen-bond acceptors (Lipinski definition) is 6. The van der Waals surface area contributed by atoms with Crippen LogP contribution in [0.3, 0.4) is 0 Å². The zero-order valence-corrected chi connectivity index (χ0v) is 14.7. The zero-order chi connectivity index (χ0) is 18.0. The van der Waals surface area contributed by atoms with Gasteiger partial charge in [0, 0.05) is 11.8 Å². The fourth-order valence-electron chi connectivity index (χ4n) is 3.19. The summed E-state index contributed by atoms with van der Waals surface area (Å²) in [6.45, 7) is 1.55. The van der Waals surface area contributed by atoms with Crippen molar-refractivity contribution < 1.29 is 24.9 Å². The van der Waals surface area contributed by atoms with Crippen molar-refractivity contribution in [2.75, 3.05) is 6.54 Å². The van der Waals surface area contributed by atoms with Crippen LogP contribution in [0.1, 0.15) is 12.5 Å². The van der Waals surface area contributed by atoms with Crippen LogP contribution in [0.25, 0.3) is 0 Å². The van der Waals surface area contributed by atoms with Crippen molar-refractivity contribution in [1.82, 2.24) is 4.90 Å². The number of thioether (sulfide) groups is 1. The first-order valence-electron chi connectivity index (χ1n) is 6.98. The van der Waals surface area contributed by atoms with Crippen LogP contribution in [0, 0.1) is 0 Å². The Morgan fingerprint density at radius 1 is 1.42 bits per heavy atom. The molecule has 2 fully saturated rings. The average molecular weight is 393 g/mol. The predicted octanol–water partition coefficient (Wildman–Crippen LogP) is 1.36. The number of phenolic OH excluding ortho intramolecular Hbond substituents is 2. The molecule has 130 valence electrons. The number of nitrogens with two attached hydrogens (primary N) is 1. The van der Waals surface area contributed by atoms with Crippen LogP contribution in [0.5, 0.6) is 11.5 Å². The molecule has 2 heterocycles. The van der Waals surface area contributed by atoms with Crippen molar-refractivity contribution in [2.24, 2.45) is 5.73 Å². The highest BCUT2D eigenvalue weighted by atomic mass is 35.5. The van der Waals surface area contributed by atoms with Crippen LogP contribution in [-0.2, 0) is 15.0 Å². The number of carbonyl (C=O) groups is 2. The molecule has 24 heavy (non-hydrogen) atoms. The van der Waals surface area contributed by atoms with Gasteiger partial charge in [0.05, 0.1) is 10.0 Å². The van der Waals surface area contributed by atoms with E-state index in [0.717, 1.165) is 0 Å². The van der Waals surface area contributed by atoms with Gasteiger partial charge in [-0.3, -0.25) is 9.59 Å². The summed E-state index contributed by atoms with van der Waals surface area (Å²) in [5.41, 5.74) is 4.21. The van der Waals surface area contributed by atoms with Crippen molar-refractivity contribution in [2.45, 2.75) is 29.0 Å². The molecule has 0 radical (unpaired) electrons. The Bertz CT molecular complexity index is 761. The number of rotatable bonds is 2. The van der Waals surface area contributed by atoms with Crippen LogP contribution in [0.15, 0.2) is 6.07 Å². The smallest absolute Gasteiger partial charge is 0.317 e. The van der Waals surface area contributed by atoms with E-state index in [1.807, 2.05) is 0 Å². The summed E-state index contributed by atoms with van der Waals surface area (Å²) < 4.78 is 0. The average Bonchev–Trinajstić information content (AvgIpc) is 2.55. The highest BCUT2D eigenvalue weighted by Gasteiger charge is 2.60. The number of benzene rings is 1. The van der Waals surface area contributed by atoms with Gasteiger partial charge in [-0.05, 0) is 11.6 Å². The molecule has 0 saturated carbocycles. The highest BCUT2D eigenvalue weighted by Crippen LogP contribution is 2.52. The van der Waals surface area contributed by atoms with E-state index in [1.54, 1.807) is 6.92 Å². The number of amides is 1. The van der Waals surface area contributed by atoms with Gasteiger partial charge in [-0.15, -0.1) is 11.8 Å². The lowest BCUT2D eigenvalue weighted by molar-refractivity contribution is -0.153. The van der Waals surface area contributed by atoms with Crippen LogP contribution < -0.4 is 5.73 Å². The molecule has 7 nitrogen and oxygen atoms in total. The second-order valence-electron chi connectivity index (χ2n) is 5.85. The molecule has 4 atom stereocenters. The third-order valence-corrected chi connectivity index (χ3v) is 6.98. The van der Waals surface area contributed by atoms with Gasteiger partial charge < -0.3 is 26.0 Å². The number of hydrogen-bond donors (Lipinski definition) is 4. The number of fused-ring (bicyclic) bond motifs is 1. The number of halogens is 2. The Morgan fingerprint density at radius 3 is 2.62 bits per heavy atom. The normalized spacial score (nSPS) is 32.2. The number of aromatic hydroxyl groups is 2. The highest BCUT2D eigenvalue weighted by molar-refractivity contribution is 8.00. The van der Waals surface area contributed by atoms with Gasteiger partial charge in [-0.2, -0.15) is 0 Å². The number of phenols is 2. The molecule has 1 aromatic carbocycles. The first kappa shape index (κ1) is 17.5. The molecule has 1 aromatic rings. The number of carboxylic acid groups (broad SMARTS) is 1. The summed E-state index contributed by atoms with van der Waals surface area (Å²) in [4.78, 5) is 25.5. The molecule has 10 heteroatoms. The van der Waals surface area contributed by atoms with E-state index >= 15 is 0 Å². The standard InChI is InChI=1S/C14H14Cl2N2O5S/c1-4-14(13(22)23,3-18-11(21)8(17)12(18)24-4)5-2-6(15)9(19)10(20)7(5)16/h2,4,8,12,19-20H,3,17H2,1H3,(H,22,23)/t4?,8?,12-,14?/m1/s1. The lowest BCUT2D eigenvalue weighted by Gasteiger charge is -2.55. The minimum Gasteiger partial charge on any atom is -0.503 e. The second-order valence-corrected chi connectivity index (χ2v) is 8.10. The lowest BCUT2D eigenvalue weighted by atomic mass is 9.75. The first-order valence-corrected chi connectivity index (χ1v) is 8.68. The molecule has 1 amide bonds. The third-order valence-electron chi connectivity index (χ3n) is 4.67. The van der Waals surface area contributed by atoms with Crippen molar-refractivity contribution in [3.63, 3.8) is 0 Å². The molecular weight excluding hydrogens is 379 g/mol. The fraction of sp³-hybridized carbons (Fsp3) is 0.429. The van der Waals surface area contributed by atoms with Gasteiger partial charge in [-0.1, -0.05) is 30.1 Å². The van der Waals surface area contributed by atoms with Gasteiger partial charge in [0.15, 0.2) is 11.5 Å². The van der Waals surface area contributed by atoms with Crippen molar-refractivity contribution in [1.29, 1.82) is 0 Å². The van der Waals surface area contributed by atoms with E-state index < -0.39 is 34.2 Å². The Balaban J connectivity index is 2.18. The lowest BCUT2D eigenvalue weighted by Crippen LogP contribution is -2.74. The zero-order valence-electron chi connectivity index (χ0n) is 12.4. The molecule has 0 spiro atoms. The summed E-state index contributed by atoms with van der Waals surface area (Å²) in [5, 5.41) is 28.2. The van der Waals surface area contributed by atoms with Gasteiger partial charge >= 0.3 is 5.97 Å². The molecular formula is C14H14Cl2N2O5S. The number of nitrogens with zero attached hydrogens (tertiary/aromatic N) is 1. The quantitative estimate of drug-likeness (QED) is 0.442. The van der Waals surface area contributed by atoms with E-state index in [1.165, 1.54) is 22.7 Å². The topological polar surface area (TPSA) is 124 Å². The summed E-state index contributed by atoms with van der Waals surface area (Å²) in [7, 11) is 0. The molecule has 2 aliphatic rings. The third kappa shape index (κ3) is 2.10. The number of β-lactam (4-membered cyclic amide) rings is 1. The van der Waals surface area contributed by atoms with Crippen LogP contribution >= 0.6 is 35.0 Å². The van der Waals surface area contributed by atoms with Gasteiger partial charge in [-0.25, -0.2) is 0 Å².